The van der Waals surface area contributed by atoms with Crippen LogP contribution in [-0.2, 0) is 17.3 Å². The van der Waals surface area contributed by atoms with Crippen molar-refractivity contribution in [1.29, 1.82) is 0 Å². The van der Waals surface area contributed by atoms with Crippen LogP contribution in [0.15, 0.2) is 55.1 Å². The molecule has 8 heteroatoms. The van der Waals surface area contributed by atoms with E-state index in [1.807, 2.05) is 57.6 Å². The summed E-state index contributed by atoms with van der Waals surface area (Å²) in [4.78, 5) is 20.5. The molecule has 152 valence electrons. The molecular formula is C22H21FN6O. The van der Waals surface area contributed by atoms with E-state index in [1.165, 1.54) is 6.20 Å². The highest BCUT2D eigenvalue weighted by atomic mass is 19.1. The number of carbonyl (C=O) groups is 1. The van der Waals surface area contributed by atoms with Gasteiger partial charge in [-0.05, 0) is 31.5 Å². The summed E-state index contributed by atoms with van der Waals surface area (Å²) in [5.41, 5.74) is 3.36. The third-order valence-corrected chi connectivity index (χ3v) is 5.67. The van der Waals surface area contributed by atoms with E-state index in [2.05, 4.69) is 15.4 Å². The van der Waals surface area contributed by atoms with Crippen molar-refractivity contribution in [2.24, 2.45) is 7.05 Å². The third kappa shape index (κ3) is 2.67. The van der Waals surface area contributed by atoms with Gasteiger partial charge < -0.3 is 10.2 Å². The van der Waals surface area contributed by atoms with Crippen molar-refractivity contribution < 1.29 is 9.18 Å². The molecule has 2 aliphatic heterocycles. The number of nitrogens with zero attached hydrogens (tertiary/aromatic N) is 5. The Morgan fingerprint density at radius 2 is 2.00 bits per heavy atom. The lowest BCUT2D eigenvalue weighted by Gasteiger charge is -2.18. The van der Waals surface area contributed by atoms with Crippen LogP contribution in [0.2, 0.25) is 0 Å². The van der Waals surface area contributed by atoms with E-state index >= 15 is 0 Å². The Bertz CT molecular complexity index is 1200. The van der Waals surface area contributed by atoms with Crippen molar-refractivity contribution in [3.05, 3.63) is 72.1 Å². The predicted octanol–water partition coefficient (Wildman–Crippen LogP) is 3.28. The summed E-state index contributed by atoms with van der Waals surface area (Å²) in [7, 11) is 1.83. The fourth-order valence-corrected chi connectivity index (χ4v) is 4.02. The van der Waals surface area contributed by atoms with Crippen molar-refractivity contribution in [3.63, 3.8) is 0 Å². The second kappa shape index (κ2) is 6.41. The van der Waals surface area contributed by atoms with Gasteiger partial charge in [0.25, 0.3) is 0 Å². The fraction of sp³-hybridized carbons (Fsp3) is 0.227. The minimum absolute atomic E-state index is 0.0119. The van der Waals surface area contributed by atoms with Crippen molar-refractivity contribution in [2.75, 3.05) is 16.5 Å². The lowest BCUT2D eigenvalue weighted by Crippen LogP contribution is -2.33. The monoisotopic (exact) mass is 404 g/mol. The van der Waals surface area contributed by atoms with Gasteiger partial charge in [-0.1, -0.05) is 12.1 Å². The third-order valence-electron chi connectivity index (χ3n) is 5.67. The van der Waals surface area contributed by atoms with Crippen LogP contribution < -0.4 is 15.1 Å². The number of nitrogens with one attached hydrogen (secondary N) is 1. The molecule has 0 radical (unpaired) electrons. The lowest BCUT2D eigenvalue weighted by molar-refractivity contribution is -0.121. The van der Waals surface area contributed by atoms with Gasteiger partial charge in [0.1, 0.15) is 0 Å². The maximum absolute atomic E-state index is 14.1. The maximum Gasteiger partial charge on any atom is 0.242 e. The van der Waals surface area contributed by atoms with Crippen molar-refractivity contribution >= 4 is 28.8 Å². The predicted molar refractivity (Wildman–Crippen MR) is 112 cm³/mol. The molecule has 0 saturated carbocycles. The van der Waals surface area contributed by atoms with Crippen LogP contribution >= 0.6 is 0 Å². The highest BCUT2D eigenvalue weighted by molar-refractivity contribution is 6.12. The summed E-state index contributed by atoms with van der Waals surface area (Å²) >= 11 is 0. The molecule has 4 heterocycles. The molecule has 1 amide bonds. The molecule has 1 N–H and O–H groups in total. The van der Waals surface area contributed by atoms with E-state index in [0.29, 0.717) is 18.2 Å². The first-order chi connectivity index (χ1) is 14.4. The number of pyridine rings is 1. The largest absolute Gasteiger partial charge is 0.366 e. The molecule has 0 atom stereocenters. The van der Waals surface area contributed by atoms with Gasteiger partial charge in [-0.2, -0.15) is 5.10 Å². The van der Waals surface area contributed by atoms with Gasteiger partial charge in [-0.3, -0.25) is 19.4 Å². The number of fused-ring (bicyclic) bond motifs is 1. The molecule has 0 spiro atoms. The van der Waals surface area contributed by atoms with Gasteiger partial charge >= 0.3 is 0 Å². The van der Waals surface area contributed by atoms with Gasteiger partial charge in [0.2, 0.25) is 5.91 Å². The van der Waals surface area contributed by atoms with E-state index in [1.54, 1.807) is 26.7 Å². The Kier molecular flexibility index (Phi) is 3.92. The minimum atomic E-state index is -0.644. The Morgan fingerprint density at radius 1 is 1.17 bits per heavy atom. The molecule has 7 nitrogen and oxygen atoms in total. The lowest BCUT2D eigenvalue weighted by atomic mass is 9.86. The first-order valence-corrected chi connectivity index (χ1v) is 9.67. The molecule has 2 aromatic heterocycles. The molecule has 0 unspecified atom stereocenters. The summed E-state index contributed by atoms with van der Waals surface area (Å²) in [5, 5.41) is 7.74. The van der Waals surface area contributed by atoms with Crippen LogP contribution in [0.25, 0.3) is 5.70 Å². The summed E-state index contributed by atoms with van der Waals surface area (Å²) in [6, 6.07) is 9.44. The van der Waals surface area contributed by atoms with Gasteiger partial charge in [0, 0.05) is 37.3 Å². The Hall–Kier alpha value is -3.68. The number of aromatic nitrogens is 3. The van der Waals surface area contributed by atoms with Crippen LogP contribution in [0.4, 0.5) is 21.6 Å². The number of hydrogen-bond acceptors (Lipinski definition) is 5. The molecule has 0 fully saturated rings. The van der Waals surface area contributed by atoms with E-state index < -0.39 is 5.41 Å². The van der Waals surface area contributed by atoms with Crippen LogP contribution in [0, 0.1) is 5.82 Å². The second-order valence-electron chi connectivity index (χ2n) is 8.02. The van der Waals surface area contributed by atoms with Crippen molar-refractivity contribution in [3.8, 4) is 0 Å². The average Bonchev–Trinajstić information content (AvgIpc) is 3.41. The van der Waals surface area contributed by atoms with Gasteiger partial charge in [-0.25, -0.2) is 4.39 Å². The molecule has 3 aromatic rings. The van der Waals surface area contributed by atoms with Gasteiger partial charge in [0.05, 0.1) is 35.4 Å². The molecule has 5 rings (SSSR count). The molecule has 0 bridgehead atoms. The van der Waals surface area contributed by atoms with Gasteiger partial charge in [0.15, 0.2) is 11.6 Å². The number of hydrogen-bond donors (Lipinski definition) is 1. The number of halogens is 1. The normalized spacial score (nSPS) is 17.2. The van der Waals surface area contributed by atoms with E-state index in [9.17, 15) is 9.18 Å². The first-order valence-electron chi connectivity index (χ1n) is 9.67. The van der Waals surface area contributed by atoms with Gasteiger partial charge in [-0.15, -0.1) is 0 Å². The molecular weight excluding hydrogens is 383 g/mol. The van der Waals surface area contributed by atoms with Crippen LogP contribution in [0.3, 0.4) is 0 Å². The van der Waals surface area contributed by atoms with Crippen LogP contribution in [0.5, 0.6) is 0 Å². The number of amides is 1. The SMILES string of the molecule is Cn1ccc(N2C(=O)C(C)(C)c3ccc(C4=CN(c5ccncc5F)CN4)cc32)n1. The summed E-state index contributed by atoms with van der Waals surface area (Å²) < 4.78 is 15.8. The maximum atomic E-state index is 14.1. The topological polar surface area (TPSA) is 66.3 Å². The Morgan fingerprint density at radius 3 is 2.73 bits per heavy atom. The zero-order valence-electron chi connectivity index (χ0n) is 16.9. The zero-order valence-corrected chi connectivity index (χ0v) is 16.9. The second-order valence-corrected chi connectivity index (χ2v) is 8.02. The first kappa shape index (κ1) is 18.4. The fourth-order valence-electron chi connectivity index (χ4n) is 4.02. The standard InChI is InChI=1S/C22H21FN6O/c1-22(2)15-5-4-14(10-19(15)29(21(22)30)20-7-9-27(3)26-20)17-12-28(13-25-17)18-6-8-24-11-16(18)23/h4-12,25H,13H2,1-3H3. The van der Waals surface area contributed by atoms with Crippen LogP contribution in [0.1, 0.15) is 25.0 Å². The Balaban J connectivity index is 1.56. The number of carbonyl (C=O) groups excluding carboxylic acids is 1. The van der Waals surface area contributed by atoms with Crippen molar-refractivity contribution in [1.82, 2.24) is 20.1 Å². The molecule has 1 aromatic carbocycles. The number of benzene rings is 1. The molecule has 0 saturated heterocycles. The smallest absolute Gasteiger partial charge is 0.242 e. The highest BCUT2D eigenvalue weighted by Crippen LogP contribution is 2.45. The quantitative estimate of drug-likeness (QED) is 0.726. The Labute approximate surface area is 173 Å². The summed E-state index contributed by atoms with van der Waals surface area (Å²) in [5.74, 6) is 0.210. The molecule has 2 aliphatic rings. The average molecular weight is 404 g/mol. The molecule has 0 aliphatic carbocycles. The van der Waals surface area contributed by atoms with E-state index in [0.717, 1.165) is 22.5 Å². The van der Waals surface area contributed by atoms with Crippen LogP contribution in [-0.4, -0.2) is 27.3 Å². The molecule has 30 heavy (non-hydrogen) atoms. The van der Waals surface area contributed by atoms with E-state index in [4.69, 9.17) is 0 Å². The number of aryl methyl sites for hydroxylation is 1. The van der Waals surface area contributed by atoms with Crippen molar-refractivity contribution in [2.45, 2.75) is 19.3 Å². The summed E-state index contributed by atoms with van der Waals surface area (Å²) in [6.45, 7) is 4.30. The van der Waals surface area contributed by atoms with E-state index in [-0.39, 0.29) is 11.7 Å². The summed E-state index contributed by atoms with van der Waals surface area (Å²) in [6.07, 6.45) is 6.46. The minimum Gasteiger partial charge on any atom is -0.366 e. The number of rotatable bonds is 3. The number of anilines is 3. The zero-order chi connectivity index (χ0) is 21.0. The highest BCUT2D eigenvalue weighted by Gasteiger charge is 2.45.